The number of benzene rings is 1. The molecule has 8 nitrogen and oxygen atoms in total. The van der Waals surface area contributed by atoms with Gasteiger partial charge in [-0.25, -0.2) is 4.79 Å². The van der Waals surface area contributed by atoms with E-state index in [1.165, 1.54) is 30.3 Å². The van der Waals surface area contributed by atoms with Gasteiger partial charge in [-0.1, -0.05) is 24.3 Å². The average molecular weight is 343 g/mol. The molecule has 0 aliphatic heterocycles. The number of nitrogens with two attached hydrogens (primary N) is 1. The number of aliphatic carboxylic acids is 2. The Hall–Kier alpha value is -1.99. The Labute approximate surface area is 132 Å². The van der Waals surface area contributed by atoms with Crippen LogP contribution in [0.1, 0.15) is 24.0 Å². The van der Waals surface area contributed by atoms with Gasteiger partial charge in [-0.2, -0.15) is 0 Å². The Morgan fingerprint density at radius 2 is 1.83 bits per heavy atom. The molecule has 1 aromatic carbocycles. The quantitative estimate of drug-likeness (QED) is 0.339. The lowest BCUT2D eigenvalue weighted by Gasteiger charge is -2.26. The number of aliphatic hydroxyl groups is 1. The Bertz CT molecular complexity index is 629. The molecule has 1 aromatic rings. The van der Waals surface area contributed by atoms with E-state index < -0.39 is 31.4 Å². The second-order valence-electron chi connectivity index (χ2n) is 4.94. The van der Waals surface area contributed by atoms with Crippen LogP contribution in [0.3, 0.4) is 0 Å². The van der Waals surface area contributed by atoms with Crippen molar-refractivity contribution in [2.45, 2.75) is 24.2 Å². The summed E-state index contributed by atoms with van der Waals surface area (Å²) in [6.45, 7) is 0. The molecule has 2 unspecified atom stereocenters. The summed E-state index contributed by atoms with van der Waals surface area (Å²) in [6.07, 6.45) is 1.79. The first kappa shape index (κ1) is 19.1. The summed E-state index contributed by atoms with van der Waals surface area (Å²) in [4.78, 5) is 30.6. The molecule has 0 aliphatic carbocycles. The number of carboxylic acids is 2. The molecule has 23 heavy (non-hydrogen) atoms. The molecule has 3 atom stereocenters. The van der Waals surface area contributed by atoms with Crippen molar-refractivity contribution in [1.29, 1.82) is 0 Å². The molecule has 0 saturated carbocycles. The zero-order valence-electron chi connectivity index (χ0n) is 12.0. The van der Waals surface area contributed by atoms with Gasteiger partial charge in [-0.15, -0.1) is 0 Å². The van der Waals surface area contributed by atoms with Crippen molar-refractivity contribution in [3.8, 4) is 0 Å². The maximum absolute atomic E-state index is 11.6. The normalized spacial score (nSPS) is 16.7. The molecule has 0 fully saturated rings. The maximum Gasteiger partial charge on any atom is 0.328 e. The molecule has 0 heterocycles. The zero-order valence-corrected chi connectivity index (χ0v) is 13.0. The minimum atomic E-state index is -3.44. The molecule has 0 radical (unpaired) electrons. The van der Waals surface area contributed by atoms with Gasteiger partial charge in [-0.3, -0.25) is 9.36 Å². The predicted octanol–water partition coefficient (Wildman–Crippen LogP) is 0.589. The Morgan fingerprint density at radius 3 is 2.26 bits per heavy atom. The third kappa shape index (κ3) is 5.30. The van der Waals surface area contributed by atoms with Gasteiger partial charge in [0.2, 0.25) is 8.03 Å². The van der Waals surface area contributed by atoms with E-state index in [1.807, 2.05) is 0 Å². The third-order valence-corrected chi connectivity index (χ3v) is 4.54. The number of rotatable bonds is 8. The summed E-state index contributed by atoms with van der Waals surface area (Å²) in [5, 5.41) is 25.6. The van der Waals surface area contributed by atoms with Crippen molar-refractivity contribution in [1.82, 2.24) is 0 Å². The maximum atomic E-state index is 11.6. The predicted molar refractivity (Wildman–Crippen MR) is 83.1 cm³/mol. The van der Waals surface area contributed by atoms with Crippen LogP contribution < -0.4 is 5.73 Å². The highest BCUT2D eigenvalue weighted by atomic mass is 31.1. The van der Waals surface area contributed by atoms with Gasteiger partial charge in [0.15, 0.2) is 5.34 Å². The fourth-order valence-corrected chi connectivity index (χ4v) is 2.67. The highest BCUT2D eigenvalue weighted by molar-refractivity contribution is 7.39. The standard InChI is InChI=1S/C14H18NO7P/c15-11(13(18)19)7-8-14(20,23(21)22)10-4-1-9(2-5-10)3-6-12(16)17/h1-6,11,20,23H,7-8,15H2,(H,16,17)(H,18,19)(H,21,22)/b6-3+/t11-,14?/m0/s1. The minimum Gasteiger partial charge on any atom is -0.480 e. The van der Waals surface area contributed by atoms with Gasteiger partial charge in [0, 0.05) is 6.08 Å². The summed E-state index contributed by atoms with van der Waals surface area (Å²) < 4.78 is 11.6. The number of carbonyl (C=O) groups is 2. The lowest BCUT2D eigenvalue weighted by Crippen LogP contribution is -2.33. The number of carboxylic acid groups (broad SMARTS) is 2. The summed E-state index contributed by atoms with van der Waals surface area (Å²) in [7, 11) is -3.44. The van der Waals surface area contributed by atoms with E-state index >= 15 is 0 Å². The van der Waals surface area contributed by atoms with Gasteiger partial charge in [0.05, 0.1) is 0 Å². The molecule has 126 valence electrons. The second-order valence-corrected chi connectivity index (χ2v) is 6.38. The van der Waals surface area contributed by atoms with Gasteiger partial charge in [0.1, 0.15) is 6.04 Å². The fraction of sp³-hybridized carbons (Fsp3) is 0.286. The topological polar surface area (TPSA) is 158 Å². The van der Waals surface area contributed by atoms with Crippen molar-refractivity contribution < 1.29 is 34.4 Å². The van der Waals surface area contributed by atoms with Crippen LogP contribution in [0.4, 0.5) is 0 Å². The zero-order chi connectivity index (χ0) is 17.6. The van der Waals surface area contributed by atoms with E-state index in [0.717, 1.165) is 6.08 Å². The first-order valence-corrected chi connectivity index (χ1v) is 7.98. The van der Waals surface area contributed by atoms with Crippen molar-refractivity contribution in [2.75, 3.05) is 0 Å². The van der Waals surface area contributed by atoms with Gasteiger partial charge in [0.25, 0.3) is 0 Å². The largest absolute Gasteiger partial charge is 0.480 e. The smallest absolute Gasteiger partial charge is 0.328 e. The van der Waals surface area contributed by atoms with E-state index in [1.54, 1.807) is 0 Å². The first-order chi connectivity index (χ1) is 10.7. The van der Waals surface area contributed by atoms with Crippen LogP contribution in [0.25, 0.3) is 6.08 Å². The molecule has 0 aromatic heterocycles. The summed E-state index contributed by atoms with van der Waals surface area (Å²) in [5.41, 5.74) is 6.01. The molecule has 0 bridgehead atoms. The van der Waals surface area contributed by atoms with E-state index in [4.69, 9.17) is 15.9 Å². The van der Waals surface area contributed by atoms with Crippen molar-refractivity contribution in [3.63, 3.8) is 0 Å². The van der Waals surface area contributed by atoms with Crippen molar-refractivity contribution in [3.05, 3.63) is 41.5 Å². The first-order valence-electron chi connectivity index (χ1n) is 6.62. The van der Waals surface area contributed by atoms with Crippen LogP contribution in [-0.4, -0.2) is 38.2 Å². The van der Waals surface area contributed by atoms with Crippen molar-refractivity contribution >= 4 is 26.0 Å². The fourth-order valence-electron chi connectivity index (χ4n) is 1.90. The molecular formula is C14H18NO7P. The Kier molecular flexibility index (Phi) is 6.65. The van der Waals surface area contributed by atoms with Crippen LogP contribution in [0.2, 0.25) is 0 Å². The van der Waals surface area contributed by atoms with Crippen LogP contribution >= 0.6 is 8.03 Å². The van der Waals surface area contributed by atoms with E-state index in [0.29, 0.717) is 5.56 Å². The third-order valence-electron chi connectivity index (χ3n) is 3.29. The lowest BCUT2D eigenvalue weighted by molar-refractivity contribution is -0.139. The molecule has 1 rings (SSSR count). The summed E-state index contributed by atoms with van der Waals surface area (Å²) >= 11 is 0. The molecule has 0 aliphatic rings. The van der Waals surface area contributed by atoms with E-state index in [2.05, 4.69) is 0 Å². The molecule has 6 N–H and O–H groups in total. The lowest BCUT2D eigenvalue weighted by atomic mass is 10.00. The summed E-state index contributed by atoms with van der Waals surface area (Å²) in [6, 6.07) is 4.46. The number of hydrogen-bond donors (Lipinski definition) is 5. The van der Waals surface area contributed by atoms with Crippen LogP contribution in [0, 0.1) is 0 Å². The molecule has 0 saturated heterocycles. The monoisotopic (exact) mass is 343 g/mol. The molecule has 0 spiro atoms. The van der Waals surface area contributed by atoms with E-state index in [9.17, 15) is 24.2 Å². The molecule has 0 amide bonds. The molecular weight excluding hydrogens is 325 g/mol. The average Bonchev–Trinajstić information content (AvgIpc) is 2.50. The van der Waals surface area contributed by atoms with Crippen LogP contribution in [-0.2, 0) is 19.5 Å². The number of hydrogen-bond acceptors (Lipinski definition) is 5. The highest BCUT2D eigenvalue weighted by Gasteiger charge is 2.36. The minimum absolute atomic E-state index is 0.133. The molecule has 9 heteroatoms. The van der Waals surface area contributed by atoms with E-state index in [-0.39, 0.29) is 18.4 Å². The van der Waals surface area contributed by atoms with Crippen LogP contribution in [0.5, 0.6) is 0 Å². The highest BCUT2D eigenvalue weighted by Crippen LogP contribution is 2.45. The van der Waals surface area contributed by atoms with Gasteiger partial charge in [-0.05, 0) is 30.0 Å². The van der Waals surface area contributed by atoms with Crippen molar-refractivity contribution in [2.24, 2.45) is 5.73 Å². The SMILES string of the molecule is N[C@@H](CCC(O)(c1ccc(/C=C/C(=O)O)cc1)[PH](=O)O)C(=O)O. The van der Waals surface area contributed by atoms with Crippen LogP contribution in [0.15, 0.2) is 30.3 Å². The Balaban J connectivity index is 2.98. The summed E-state index contributed by atoms with van der Waals surface area (Å²) in [5.74, 6) is -2.38. The van der Waals surface area contributed by atoms with Gasteiger partial charge < -0.3 is 25.9 Å². The van der Waals surface area contributed by atoms with Gasteiger partial charge >= 0.3 is 11.9 Å². The second kappa shape index (κ2) is 8.03. The Morgan fingerprint density at radius 1 is 1.26 bits per heavy atom.